The first-order chi connectivity index (χ1) is 11.8. The number of amides is 1. The van der Waals surface area contributed by atoms with E-state index in [1.54, 1.807) is 4.90 Å². The van der Waals surface area contributed by atoms with E-state index in [0.717, 1.165) is 18.1 Å². The summed E-state index contributed by atoms with van der Waals surface area (Å²) in [5.74, 6) is 1.64. The van der Waals surface area contributed by atoms with Gasteiger partial charge in [-0.2, -0.15) is 20.5 Å². The van der Waals surface area contributed by atoms with Gasteiger partial charge in [0.05, 0.1) is 12.7 Å². The van der Waals surface area contributed by atoms with Crippen LogP contribution in [0.3, 0.4) is 0 Å². The van der Waals surface area contributed by atoms with Gasteiger partial charge >= 0.3 is 0 Å². The van der Waals surface area contributed by atoms with Crippen LogP contribution in [0.2, 0.25) is 0 Å². The highest BCUT2D eigenvalue weighted by molar-refractivity contribution is 5.91. The van der Waals surface area contributed by atoms with Crippen LogP contribution in [0.15, 0.2) is 36.5 Å². The van der Waals surface area contributed by atoms with E-state index in [9.17, 15) is 4.79 Å². The number of carbonyl (C=O) groups is 1. The van der Waals surface area contributed by atoms with Crippen molar-refractivity contribution in [1.82, 2.24) is 35.1 Å². The molecule has 0 fully saturated rings. The molecule has 4 rings (SSSR count). The van der Waals surface area contributed by atoms with E-state index in [-0.39, 0.29) is 5.91 Å². The summed E-state index contributed by atoms with van der Waals surface area (Å²) in [6, 6.07) is 10.2. The van der Waals surface area contributed by atoms with Crippen molar-refractivity contribution in [3.8, 4) is 0 Å². The van der Waals surface area contributed by atoms with Crippen molar-refractivity contribution in [3.05, 3.63) is 59.4 Å². The third-order valence-corrected chi connectivity index (χ3v) is 4.11. The molecule has 8 nitrogen and oxygen atoms in total. The highest BCUT2D eigenvalue weighted by Gasteiger charge is 2.23. The topological polar surface area (TPSA) is 92.6 Å². The molecule has 1 amide bonds. The summed E-state index contributed by atoms with van der Waals surface area (Å²) < 4.78 is 1.91. The third-order valence-electron chi connectivity index (χ3n) is 4.11. The summed E-state index contributed by atoms with van der Waals surface area (Å²) in [4.78, 5) is 18.8. The second-order valence-corrected chi connectivity index (χ2v) is 5.73. The Labute approximate surface area is 138 Å². The van der Waals surface area contributed by atoms with E-state index < -0.39 is 0 Å². The maximum Gasteiger partial charge on any atom is 0.276 e. The Bertz CT molecular complexity index is 800. The predicted molar refractivity (Wildman–Crippen MR) is 85.3 cm³/mol. The second-order valence-electron chi connectivity index (χ2n) is 5.73. The van der Waals surface area contributed by atoms with Crippen molar-refractivity contribution in [3.63, 3.8) is 0 Å². The van der Waals surface area contributed by atoms with Crippen LogP contribution < -0.4 is 0 Å². The van der Waals surface area contributed by atoms with Crippen LogP contribution in [0, 0.1) is 0 Å². The largest absolute Gasteiger partial charge is 0.335 e. The fraction of sp³-hybridized carbons (Fsp3) is 0.312. The Hall–Kier alpha value is -3.03. The highest BCUT2D eigenvalue weighted by Crippen LogP contribution is 2.12. The number of hydrogen-bond donors (Lipinski definition) is 1. The normalized spacial score (nSPS) is 14.2. The van der Waals surface area contributed by atoms with Crippen LogP contribution in [-0.2, 0) is 19.4 Å². The maximum absolute atomic E-state index is 12.3. The van der Waals surface area contributed by atoms with Crippen molar-refractivity contribution >= 4 is 5.91 Å². The smallest absolute Gasteiger partial charge is 0.276 e. The fourth-order valence-electron chi connectivity index (χ4n) is 2.88. The standard InChI is InChI=1S/C16H17N7O/c24-16(13-11-17-21-19-13)22-7-6-15-18-14(20-23(15)9-8-22)10-12-4-2-1-3-5-12/h1-5,11H,6-10H2,(H,17,19,21). The molecule has 0 saturated heterocycles. The maximum atomic E-state index is 12.3. The highest BCUT2D eigenvalue weighted by atomic mass is 16.2. The quantitative estimate of drug-likeness (QED) is 0.765. The lowest BCUT2D eigenvalue weighted by atomic mass is 10.1. The van der Waals surface area contributed by atoms with Gasteiger partial charge in [0, 0.05) is 25.9 Å². The number of carbonyl (C=O) groups excluding carboxylic acids is 1. The summed E-state index contributed by atoms with van der Waals surface area (Å²) in [5.41, 5.74) is 1.54. The molecule has 1 aromatic carbocycles. The zero-order valence-electron chi connectivity index (χ0n) is 13.1. The molecule has 3 aromatic rings. The number of rotatable bonds is 3. The van der Waals surface area contributed by atoms with Gasteiger partial charge in [-0.15, -0.1) is 0 Å². The van der Waals surface area contributed by atoms with Crippen molar-refractivity contribution in [2.24, 2.45) is 0 Å². The number of aromatic nitrogens is 6. The lowest BCUT2D eigenvalue weighted by Crippen LogP contribution is -2.34. The van der Waals surface area contributed by atoms with Crippen LogP contribution in [0.5, 0.6) is 0 Å². The number of aromatic amines is 1. The summed E-state index contributed by atoms with van der Waals surface area (Å²) >= 11 is 0. The third kappa shape index (κ3) is 2.90. The van der Waals surface area contributed by atoms with E-state index in [0.29, 0.717) is 31.7 Å². The number of benzene rings is 1. The molecule has 122 valence electrons. The Balaban J connectivity index is 1.45. The van der Waals surface area contributed by atoms with Crippen molar-refractivity contribution < 1.29 is 4.79 Å². The van der Waals surface area contributed by atoms with Gasteiger partial charge in [0.15, 0.2) is 11.5 Å². The zero-order valence-corrected chi connectivity index (χ0v) is 13.1. The van der Waals surface area contributed by atoms with Gasteiger partial charge in [0.2, 0.25) is 0 Å². The molecular formula is C16H17N7O. The van der Waals surface area contributed by atoms with Crippen LogP contribution in [0.4, 0.5) is 0 Å². The first-order valence-corrected chi connectivity index (χ1v) is 7.91. The Kier molecular flexibility index (Phi) is 3.78. The van der Waals surface area contributed by atoms with Crippen molar-refractivity contribution in [2.45, 2.75) is 19.4 Å². The molecule has 0 radical (unpaired) electrons. The average molecular weight is 323 g/mol. The van der Waals surface area contributed by atoms with Gasteiger partial charge < -0.3 is 4.90 Å². The molecule has 2 aromatic heterocycles. The summed E-state index contributed by atoms with van der Waals surface area (Å²) in [6.45, 7) is 1.84. The molecule has 1 aliphatic rings. The number of nitrogens with zero attached hydrogens (tertiary/aromatic N) is 6. The average Bonchev–Trinajstić information content (AvgIpc) is 3.22. The summed E-state index contributed by atoms with van der Waals surface area (Å²) in [5, 5.41) is 14.6. The van der Waals surface area contributed by atoms with Gasteiger partial charge in [0.25, 0.3) is 5.91 Å². The summed E-state index contributed by atoms with van der Waals surface area (Å²) in [7, 11) is 0. The molecule has 0 aliphatic carbocycles. The van der Waals surface area contributed by atoms with E-state index >= 15 is 0 Å². The molecule has 0 spiro atoms. The molecule has 0 unspecified atom stereocenters. The van der Waals surface area contributed by atoms with E-state index in [4.69, 9.17) is 0 Å². The van der Waals surface area contributed by atoms with E-state index in [1.807, 2.05) is 22.9 Å². The Morgan fingerprint density at radius 2 is 2.04 bits per heavy atom. The molecule has 0 saturated carbocycles. The van der Waals surface area contributed by atoms with Gasteiger partial charge in [0.1, 0.15) is 5.82 Å². The monoisotopic (exact) mass is 323 g/mol. The first-order valence-electron chi connectivity index (χ1n) is 7.91. The molecule has 0 bridgehead atoms. The number of fused-ring (bicyclic) bond motifs is 1. The molecular weight excluding hydrogens is 306 g/mol. The lowest BCUT2D eigenvalue weighted by Gasteiger charge is -2.18. The van der Waals surface area contributed by atoms with Crippen LogP contribution in [0.1, 0.15) is 27.7 Å². The second kappa shape index (κ2) is 6.23. The Morgan fingerprint density at radius 1 is 1.17 bits per heavy atom. The Morgan fingerprint density at radius 3 is 2.83 bits per heavy atom. The molecule has 24 heavy (non-hydrogen) atoms. The van der Waals surface area contributed by atoms with E-state index in [2.05, 4.69) is 37.6 Å². The molecule has 0 atom stereocenters. The molecule has 1 aliphatic heterocycles. The zero-order chi connectivity index (χ0) is 16.4. The van der Waals surface area contributed by atoms with E-state index in [1.165, 1.54) is 11.8 Å². The predicted octanol–water partition coefficient (Wildman–Crippen LogP) is 0.685. The minimum Gasteiger partial charge on any atom is -0.335 e. The van der Waals surface area contributed by atoms with Crippen LogP contribution in [-0.4, -0.2) is 54.1 Å². The first kappa shape index (κ1) is 14.6. The van der Waals surface area contributed by atoms with Gasteiger partial charge in [-0.05, 0) is 5.56 Å². The van der Waals surface area contributed by atoms with Gasteiger partial charge in [-0.25, -0.2) is 9.67 Å². The van der Waals surface area contributed by atoms with Gasteiger partial charge in [-0.1, -0.05) is 30.3 Å². The summed E-state index contributed by atoms with van der Waals surface area (Å²) in [6.07, 6.45) is 2.86. The van der Waals surface area contributed by atoms with Gasteiger partial charge in [-0.3, -0.25) is 4.79 Å². The molecule has 3 heterocycles. The number of H-pyrrole nitrogens is 1. The lowest BCUT2D eigenvalue weighted by molar-refractivity contribution is 0.0752. The van der Waals surface area contributed by atoms with Crippen LogP contribution >= 0.6 is 0 Å². The number of hydrogen-bond acceptors (Lipinski definition) is 5. The minimum atomic E-state index is -0.112. The molecule has 8 heteroatoms. The minimum absolute atomic E-state index is 0.112. The molecule has 1 N–H and O–H groups in total. The van der Waals surface area contributed by atoms with Crippen LogP contribution in [0.25, 0.3) is 0 Å². The number of nitrogens with one attached hydrogen (secondary N) is 1. The van der Waals surface area contributed by atoms with Crippen molar-refractivity contribution in [1.29, 1.82) is 0 Å². The SMILES string of the molecule is O=C(c1cn[nH]n1)N1CCc2nc(Cc3ccccc3)nn2CC1. The fourth-order valence-corrected chi connectivity index (χ4v) is 2.88. The van der Waals surface area contributed by atoms with Crippen molar-refractivity contribution in [2.75, 3.05) is 13.1 Å².